The molecule has 0 aliphatic carbocycles. The highest BCUT2D eigenvalue weighted by molar-refractivity contribution is 6.05. The summed E-state index contributed by atoms with van der Waals surface area (Å²) in [5.41, 5.74) is 4.68. The van der Waals surface area contributed by atoms with Crippen LogP contribution >= 0.6 is 0 Å². The first-order chi connectivity index (χ1) is 11.7. The van der Waals surface area contributed by atoms with E-state index in [-0.39, 0.29) is 5.91 Å². The maximum absolute atomic E-state index is 12.4. The maximum atomic E-state index is 12.4. The first kappa shape index (κ1) is 14.9. The molecule has 0 atom stereocenters. The van der Waals surface area contributed by atoms with E-state index >= 15 is 0 Å². The van der Waals surface area contributed by atoms with Gasteiger partial charge in [-0.3, -0.25) is 4.79 Å². The van der Waals surface area contributed by atoms with Gasteiger partial charge in [-0.15, -0.1) is 0 Å². The number of anilines is 1. The Bertz CT molecular complexity index is 910. The second-order valence-corrected chi connectivity index (χ2v) is 6.52. The molecule has 0 radical (unpaired) electrons. The van der Waals surface area contributed by atoms with Crippen LogP contribution in [-0.2, 0) is 13.0 Å². The van der Waals surface area contributed by atoms with Gasteiger partial charge in [0.25, 0.3) is 5.91 Å². The van der Waals surface area contributed by atoms with Gasteiger partial charge >= 0.3 is 0 Å². The lowest BCUT2D eigenvalue weighted by atomic mass is 10.1. The summed E-state index contributed by atoms with van der Waals surface area (Å²) >= 11 is 0. The van der Waals surface area contributed by atoms with Crippen LogP contribution < -0.4 is 5.32 Å². The van der Waals surface area contributed by atoms with Gasteiger partial charge in [-0.2, -0.15) is 0 Å². The molecule has 3 aromatic rings. The van der Waals surface area contributed by atoms with Gasteiger partial charge in [0.1, 0.15) is 5.82 Å². The van der Waals surface area contributed by atoms with E-state index in [0.29, 0.717) is 5.56 Å². The van der Waals surface area contributed by atoms with Crippen LogP contribution in [0.3, 0.4) is 0 Å². The summed E-state index contributed by atoms with van der Waals surface area (Å²) in [6.45, 7) is 3.03. The molecular weight excluding hydrogens is 298 g/mol. The van der Waals surface area contributed by atoms with E-state index in [2.05, 4.69) is 16.0 Å². The Hall–Kier alpha value is -2.62. The molecule has 1 aliphatic heterocycles. The molecule has 0 fully saturated rings. The van der Waals surface area contributed by atoms with E-state index in [1.165, 1.54) is 30.6 Å². The van der Waals surface area contributed by atoms with Gasteiger partial charge in [0.15, 0.2) is 0 Å². The first-order valence-electron chi connectivity index (χ1n) is 8.58. The fourth-order valence-electron chi connectivity index (χ4n) is 3.42. The zero-order valence-corrected chi connectivity index (χ0v) is 13.9. The number of carbonyl (C=O) groups excluding carboxylic acids is 1. The van der Waals surface area contributed by atoms with Crippen molar-refractivity contribution in [2.24, 2.45) is 0 Å². The molecule has 2 heterocycles. The van der Waals surface area contributed by atoms with Gasteiger partial charge in [-0.25, -0.2) is 4.98 Å². The topological polar surface area (TPSA) is 46.9 Å². The molecule has 0 saturated carbocycles. The molecule has 0 spiro atoms. The number of carbonyl (C=O) groups is 1. The number of hydrogen-bond donors (Lipinski definition) is 1. The molecule has 24 heavy (non-hydrogen) atoms. The SMILES string of the molecule is Cc1cccc(C(=O)Nc2ccc3c(c2)nc2n3CCCCC2)c1. The van der Waals surface area contributed by atoms with Crippen LogP contribution in [0.1, 0.15) is 41.0 Å². The van der Waals surface area contributed by atoms with Crippen molar-refractivity contribution < 1.29 is 4.79 Å². The third-order valence-corrected chi connectivity index (χ3v) is 4.65. The Kier molecular flexibility index (Phi) is 3.81. The number of benzene rings is 2. The molecule has 1 amide bonds. The number of fused-ring (bicyclic) bond motifs is 3. The summed E-state index contributed by atoms with van der Waals surface area (Å²) in [4.78, 5) is 17.2. The molecule has 1 aromatic heterocycles. The molecule has 0 saturated heterocycles. The highest BCUT2D eigenvalue weighted by Gasteiger charge is 2.14. The van der Waals surface area contributed by atoms with Crippen molar-refractivity contribution in [1.82, 2.24) is 9.55 Å². The minimum atomic E-state index is -0.0844. The molecule has 1 N–H and O–H groups in total. The number of hydrogen-bond acceptors (Lipinski definition) is 2. The highest BCUT2D eigenvalue weighted by atomic mass is 16.1. The molecule has 4 rings (SSSR count). The first-order valence-corrected chi connectivity index (χ1v) is 8.58. The van der Waals surface area contributed by atoms with Crippen LogP contribution in [0, 0.1) is 6.92 Å². The Balaban J connectivity index is 1.62. The predicted octanol–water partition coefficient (Wildman–Crippen LogP) is 4.32. The van der Waals surface area contributed by atoms with Gasteiger partial charge in [0.05, 0.1) is 11.0 Å². The lowest BCUT2D eigenvalue weighted by molar-refractivity contribution is 0.102. The van der Waals surface area contributed by atoms with Crippen LogP contribution in [-0.4, -0.2) is 15.5 Å². The Morgan fingerprint density at radius 1 is 1.12 bits per heavy atom. The Morgan fingerprint density at radius 3 is 2.92 bits per heavy atom. The molecule has 1 aliphatic rings. The standard InChI is InChI=1S/C20H21N3O/c1-14-6-5-7-15(12-14)20(24)21-16-9-10-18-17(13-16)22-19-8-3-2-4-11-23(18)19/h5-7,9-10,12-13H,2-4,8,11H2,1H3,(H,21,24). The number of rotatable bonds is 2. The fraction of sp³-hybridized carbons (Fsp3) is 0.300. The molecule has 4 nitrogen and oxygen atoms in total. The van der Waals surface area contributed by atoms with E-state index in [1.807, 2.05) is 43.3 Å². The average Bonchev–Trinajstić information content (AvgIpc) is 2.75. The highest BCUT2D eigenvalue weighted by Crippen LogP contribution is 2.24. The molecule has 4 heteroatoms. The number of nitrogens with zero attached hydrogens (tertiary/aromatic N) is 2. The monoisotopic (exact) mass is 319 g/mol. The second-order valence-electron chi connectivity index (χ2n) is 6.52. The van der Waals surface area contributed by atoms with E-state index in [9.17, 15) is 4.79 Å². The second kappa shape index (κ2) is 6.11. The number of amides is 1. The smallest absolute Gasteiger partial charge is 0.255 e. The van der Waals surface area contributed by atoms with Crippen LogP contribution in [0.25, 0.3) is 11.0 Å². The van der Waals surface area contributed by atoms with Crippen LogP contribution in [0.15, 0.2) is 42.5 Å². The van der Waals surface area contributed by atoms with E-state index in [4.69, 9.17) is 4.98 Å². The van der Waals surface area contributed by atoms with Crippen LogP contribution in [0.4, 0.5) is 5.69 Å². The normalized spacial score (nSPS) is 14.2. The number of imidazole rings is 1. The predicted molar refractivity (Wildman–Crippen MR) is 96.4 cm³/mol. The van der Waals surface area contributed by atoms with Crippen LogP contribution in [0.5, 0.6) is 0 Å². The Morgan fingerprint density at radius 2 is 2.04 bits per heavy atom. The van der Waals surface area contributed by atoms with Crippen molar-refractivity contribution in [3.8, 4) is 0 Å². The molecule has 0 bridgehead atoms. The van der Waals surface area contributed by atoms with Gasteiger partial charge in [0, 0.05) is 24.2 Å². The zero-order chi connectivity index (χ0) is 16.5. The molecule has 122 valence electrons. The molecule has 2 aromatic carbocycles. The number of nitrogens with one attached hydrogen (secondary N) is 1. The molecule has 0 unspecified atom stereocenters. The van der Waals surface area contributed by atoms with Gasteiger partial charge < -0.3 is 9.88 Å². The lowest BCUT2D eigenvalue weighted by Gasteiger charge is -2.07. The molecular formula is C20H21N3O. The fourth-order valence-corrected chi connectivity index (χ4v) is 3.42. The summed E-state index contributed by atoms with van der Waals surface area (Å²) in [7, 11) is 0. The van der Waals surface area contributed by atoms with Crippen LogP contribution in [0.2, 0.25) is 0 Å². The van der Waals surface area contributed by atoms with E-state index in [1.54, 1.807) is 0 Å². The van der Waals surface area contributed by atoms with Gasteiger partial charge in [-0.1, -0.05) is 24.1 Å². The van der Waals surface area contributed by atoms with Crippen molar-refractivity contribution in [3.05, 3.63) is 59.4 Å². The Labute approximate surface area is 141 Å². The van der Waals surface area contributed by atoms with Crippen molar-refractivity contribution in [3.63, 3.8) is 0 Å². The van der Waals surface area contributed by atoms with Gasteiger partial charge in [-0.05, 0) is 50.1 Å². The largest absolute Gasteiger partial charge is 0.328 e. The van der Waals surface area contributed by atoms with E-state index < -0.39 is 0 Å². The maximum Gasteiger partial charge on any atom is 0.255 e. The van der Waals surface area contributed by atoms with Gasteiger partial charge in [0.2, 0.25) is 0 Å². The van der Waals surface area contributed by atoms with Crippen molar-refractivity contribution >= 4 is 22.6 Å². The lowest BCUT2D eigenvalue weighted by Crippen LogP contribution is -2.11. The number of aromatic nitrogens is 2. The summed E-state index contributed by atoms with van der Waals surface area (Å²) in [5.74, 6) is 1.09. The summed E-state index contributed by atoms with van der Waals surface area (Å²) in [5, 5.41) is 2.98. The zero-order valence-electron chi connectivity index (χ0n) is 13.9. The summed E-state index contributed by atoms with van der Waals surface area (Å²) in [6, 6.07) is 13.6. The minimum absolute atomic E-state index is 0.0844. The third-order valence-electron chi connectivity index (χ3n) is 4.65. The average molecular weight is 319 g/mol. The quantitative estimate of drug-likeness (QED) is 0.764. The third kappa shape index (κ3) is 2.80. The van der Waals surface area contributed by atoms with E-state index in [0.717, 1.165) is 29.7 Å². The number of aryl methyl sites for hydroxylation is 3. The van der Waals surface area contributed by atoms with Crippen molar-refractivity contribution in [1.29, 1.82) is 0 Å². The van der Waals surface area contributed by atoms with Crippen molar-refractivity contribution in [2.45, 2.75) is 39.2 Å². The van der Waals surface area contributed by atoms with Crippen molar-refractivity contribution in [2.75, 3.05) is 5.32 Å². The summed E-state index contributed by atoms with van der Waals surface area (Å²) < 4.78 is 2.33. The summed E-state index contributed by atoms with van der Waals surface area (Å²) in [6.07, 6.45) is 4.74. The minimum Gasteiger partial charge on any atom is -0.328 e.